The van der Waals surface area contributed by atoms with Gasteiger partial charge >= 0.3 is 5.97 Å². The average molecular weight is 487 g/mol. The maximum atomic E-state index is 12.7. The summed E-state index contributed by atoms with van der Waals surface area (Å²) in [4.78, 5) is 39.1. The number of hydrogen-bond donors (Lipinski definition) is 2. The van der Waals surface area contributed by atoms with Crippen molar-refractivity contribution in [3.63, 3.8) is 0 Å². The zero-order valence-electron chi connectivity index (χ0n) is 20.3. The molecule has 7 nitrogen and oxygen atoms in total. The molecule has 2 amide bonds. The highest BCUT2D eigenvalue weighted by Gasteiger charge is 2.36. The van der Waals surface area contributed by atoms with E-state index >= 15 is 0 Å². The van der Waals surface area contributed by atoms with Crippen molar-refractivity contribution >= 4 is 23.5 Å². The van der Waals surface area contributed by atoms with Gasteiger partial charge in [-0.15, -0.1) is 0 Å². The van der Waals surface area contributed by atoms with Crippen molar-refractivity contribution in [1.82, 2.24) is 5.32 Å². The van der Waals surface area contributed by atoms with E-state index in [0.717, 1.165) is 29.5 Å². The standard InChI is InChI=1S/C29H30N2O5/c1-2-3-15-36-29(35)24-17-27(33)31(19-24)25-6-4-5-20(16-25)18-30-28(34)23-9-7-21(8-10-23)22-11-13-26(32)14-12-22/h4-14,16,24,32H,2-3,15,17-19H2,1H3,(H,30,34). The van der Waals surface area contributed by atoms with Gasteiger partial charge in [-0.1, -0.05) is 49.7 Å². The maximum absolute atomic E-state index is 12.7. The number of benzene rings is 3. The molecule has 36 heavy (non-hydrogen) atoms. The second kappa shape index (κ2) is 11.5. The molecule has 0 aliphatic carbocycles. The van der Waals surface area contributed by atoms with Gasteiger partial charge in [0.05, 0.1) is 12.5 Å². The first-order valence-electron chi connectivity index (χ1n) is 12.2. The first kappa shape index (κ1) is 25.0. The highest BCUT2D eigenvalue weighted by molar-refractivity contribution is 5.99. The van der Waals surface area contributed by atoms with Crippen LogP contribution in [0.2, 0.25) is 0 Å². The van der Waals surface area contributed by atoms with Crippen molar-refractivity contribution in [2.24, 2.45) is 5.92 Å². The van der Waals surface area contributed by atoms with Crippen LogP contribution in [0.25, 0.3) is 11.1 Å². The van der Waals surface area contributed by atoms with Crippen molar-refractivity contribution in [2.45, 2.75) is 32.7 Å². The summed E-state index contributed by atoms with van der Waals surface area (Å²) in [7, 11) is 0. The lowest BCUT2D eigenvalue weighted by Gasteiger charge is -2.18. The molecule has 186 valence electrons. The minimum atomic E-state index is -0.456. The first-order chi connectivity index (χ1) is 17.4. The van der Waals surface area contributed by atoms with Crippen LogP contribution in [0.1, 0.15) is 42.1 Å². The van der Waals surface area contributed by atoms with Gasteiger partial charge in [-0.05, 0) is 59.5 Å². The van der Waals surface area contributed by atoms with Crippen molar-refractivity contribution in [1.29, 1.82) is 0 Å². The van der Waals surface area contributed by atoms with E-state index in [-0.39, 0.29) is 30.0 Å². The van der Waals surface area contributed by atoms with Gasteiger partial charge in [-0.2, -0.15) is 0 Å². The highest BCUT2D eigenvalue weighted by atomic mass is 16.5. The zero-order chi connectivity index (χ0) is 25.5. The predicted octanol–water partition coefficient (Wildman–Crippen LogP) is 4.69. The lowest BCUT2D eigenvalue weighted by Crippen LogP contribution is -2.27. The van der Waals surface area contributed by atoms with Crippen molar-refractivity contribution < 1.29 is 24.2 Å². The molecule has 1 fully saturated rings. The number of unbranched alkanes of at least 4 members (excludes halogenated alkanes) is 1. The Labute approximate surface area is 210 Å². The molecule has 3 aromatic carbocycles. The SMILES string of the molecule is CCCCOC(=O)C1CC(=O)N(c2cccc(CNC(=O)c3ccc(-c4ccc(O)cc4)cc3)c2)C1. The van der Waals surface area contributed by atoms with Crippen LogP contribution in [0.5, 0.6) is 5.75 Å². The summed E-state index contributed by atoms with van der Waals surface area (Å²) < 4.78 is 5.29. The predicted molar refractivity (Wildman–Crippen MR) is 137 cm³/mol. The van der Waals surface area contributed by atoms with Crippen LogP contribution in [-0.4, -0.2) is 36.0 Å². The molecule has 1 atom stereocenters. The Morgan fingerprint density at radius 2 is 1.72 bits per heavy atom. The molecule has 1 saturated heterocycles. The number of phenols is 1. The van der Waals surface area contributed by atoms with Gasteiger partial charge in [0, 0.05) is 30.8 Å². The number of nitrogens with one attached hydrogen (secondary N) is 1. The summed E-state index contributed by atoms with van der Waals surface area (Å²) in [6, 6.07) is 21.5. The number of carbonyl (C=O) groups excluding carboxylic acids is 3. The molecule has 7 heteroatoms. The quantitative estimate of drug-likeness (QED) is 0.338. The van der Waals surface area contributed by atoms with E-state index < -0.39 is 5.92 Å². The Hall–Kier alpha value is -4.13. The minimum Gasteiger partial charge on any atom is -0.508 e. The molecule has 0 saturated carbocycles. The van der Waals surface area contributed by atoms with Gasteiger partial charge in [0.1, 0.15) is 5.75 Å². The smallest absolute Gasteiger partial charge is 0.311 e. The molecular weight excluding hydrogens is 456 g/mol. The van der Waals surface area contributed by atoms with Crippen LogP contribution in [0.15, 0.2) is 72.8 Å². The van der Waals surface area contributed by atoms with E-state index in [0.29, 0.717) is 30.9 Å². The van der Waals surface area contributed by atoms with Gasteiger partial charge in [-0.3, -0.25) is 14.4 Å². The molecule has 3 aromatic rings. The third kappa shape index (κ3) is 6.10. The molecule has 1 aliphatic rings. The largest absolute Gasteiger partial charge is 0.508 e. The van der Waals surface area contributed by atoms with E-state index in [2.05, 4.69) is 5.32 Å². The van der Waals surface area contributed by atoms with Gasteiger partial charge in [-0.25, -0.2) is 0 Å². The van der Waals surface area contributed by atoms with E-state index in [1.165, 1.54) is 0 Å². The molecular formula is C29H30N2O5. The Morgan fingerprint density at radius 1 is 1.03 bits per heavy atom. The van der Waals surface area contributed by atoms with Crippen LogP contribution in [0.4, 0.5) is 5.69 Å². The number of rotatable bonds is 9. The number of phenolic OH excluding ortho intramolecular Hbond substituents is 1. The second-order valence-electron chi connectivity index (χ2n) is 8.90. The van der Waals surface area contributed by atoms with Gasteiger partial charge in [0.2, 0.25) is 5.91 Å². The third-order valence-electron chi connectivity index (χ3n) is 6.22. The highest BCUT2D eigenvalue weighted by Crippen LogP contribution is 2.27. The molecule has 2 N–H and O–H groups in total. The van der Waals surface area contributed by atoms with Crippen molar-refractivity contribution in [3.8, 4) is 16.9 Å². The van der Waals surface area contributed by atoms with Crippen LogP contribution in [0.3, 0.4) is 0 Å². The number of aromatic hydroxyl groups is 1. The lowest BCUT2D eigenvalue weighted by atomic mass is 10.0. The first-order valence-corrected chi connectivity index (χ1v) is 12.2. The van der Waals surface area contributed by atoms with E-state index in [4.69, 9.17) is 4.74 Å². The zero-order valence-corrected chi connectivity index (χ0v) is 20.3. The monoisotopic (exact) mass is 486 g/mol. The number of esters is 1. The van der Waals surface area contributed by atoms with Crippen LogP contribution < -0.4 is 10.2 Å². The molecule has 0 spiro atoms. The molecule has 1 heterocycles. The number of anilines is 1. The molecule has 1 aliphatic heterocycles. The van der Waals surface area contributed by atoms with E-state index in [1.54, 1.807) is 29.2 Å². The molecule has 0 aromatic heterocycles. The Bertz CT molecular complexity index is 1220. The number of nitrogens with zero attached hydrogens (tertiary/aromatic N) is 1. The maximum Gasteiger partial charge on any atom is 0.311 e. The number of ether oxygens (including phenoxy) is 1. The summed E-state index contributed by atoms with van der Waals surface area (Å²) in [5, 5.41) is 12.4. The summed E-state index contributed by atoms with van der Waals surface area (Å²) in [5.74, 6) is -0.883. The normalized spacial score (nSPS) is 15.1. The number of amides is 2. The fourth-order valence-corrected chi connectivity index (χ4v) is 4.14. The fraction of sp³-hybridized carbons (Fsp3) is 0.276. The Kier molecular flexibility index (Phi) is 8.00. The summed E-state index contributed by atoms with van der Waals surface area (Å²) in [6.07, 6.45) is 1.90. The van der Waals surface area contributed by atoms with E-state index in [9.17, 15) is 19.5 Å². The molecule has 0 bridgehead atoms. The van der Waals surface area contributed by atoms with Crippen LogP contribution in [-0.2, 0) is 20.9 Å². The molecule has 0 radical (unpaired) electrons. The van der Waals surface area contributed by atoms with Gasteiger partial charge in [0.25, 0.3) is 5.91 Å². The average Bonchev–Trinajstić information content (AvgIpc) is 3.30. The van der Waals surface area contributed by atoms with Crippen molar-refractivity contribution in [2.75, 3.05) is 18.1 Å². The third-order valence-corrected chi connectivity index (χ3v) is 6.22. The number of hydrogen-bond acceptors (Lipinski definition) is 5. The molecule has 1 unspecified atom stereocenters. The van der Waals surface area contributed by atoms with Crippen LogP contribution >= 0.6 is 0 Å². The Balaban J connectivity index is 1.34. The summed E-state index contributed by atoms with van der Waals surface area (Å²) in [5.41, 5.74) is 3.98. The van der Waals surface area contributed by atoms with Crippen LogP contribution in [0, 0.1) is 5.92 Å². The minimum absolute atomic E-state index is 0.109. The summed E-state index contributed by atoms with van der Waals surface area (Å²) in [6.45, 7) is 3.01. The number of carbonyl (C=O) groups is 3. The lowest BCUT2D eigenvalue weighted by molar-refractivity contribution is -0.148. The topological polar surface area (TPSA) is 95.9 Å². The van der Waals surface area contributed by atoms with Gasteiger partial charge < -0.3 is 20.1 Å². The fourth-order valence-electron chi connectivity index (χ4n) is 4.14. The van der Waals surface area contributed by atoms with E-state index in [1.807, 2.05) is 55.5 Å². The molecule has 4 rings (SSSR count). The summed E-state index contributed by atoms with van der Waals surface area (Å²) >= 11 is 0. The Morgan fingerprint density at radius 3 is 2.42 bits per heavy atom. The second-order valence-corrected chi connectivity index (χ2v) is 8.90. The van der Waals surface area contributed by atoms with Crippen molar-refractivity contribution in [3.05, 3.63) is 83.9 Å². The van der Waals surface area contributed by atoms with Gasteiger partial charge in [0.15, 0.2) is 0 Å².